The monoisotopic (exact) mass is 270 g/mol. The number of rotatable bonds is 2. The molecular formula is C15H14N2OS. The third-order valence-corrected chi connectivity index (χ3v) is 4.01. The summed E-state index contributed by atoms with van der Waals surface area (Å²) in [5.41, 5.74) is 7.71. The Morgan fingerprint density at radius 1 is 1.21 bits per heavy atom. The standard InChI is InChI=1S/C15H14N2OS/c1-9-5-13(14-7-19-8-16-14)17-15-10(2)11(6-18)3-4-12(9)15/h3-5,7-8,18H,6H2,1-2H3. The van der Waals surface area contributed by atoms with Crippen molar-refractivity contribution in [2.45, 2.75) is 20.5 Å². The van der Waals surface area contributed by atoms with Crippen LogP contribution in [-0.4, -0.2) is 15.1 Å². The maximum absolute atomic E-state index is 9.36. The fraction of sp³-hybridized carbons (Fsp3) is 0.200. The molecule has 0 spiro atoms. The number of aromatic nitrogens is 2. The van der Waals surface area contributed by atoms with Crippen molar-refractivity contribution in [3.05, 3.63) is 45.8 Å². The summed E-state index contributed by atoms with van der Waals surface area (Å²) in [6.45, 7) is 4.13. The lowest BCUT2D eigenvalue weighted by Crippen LogP contribution is -1.95. The van der Waals surface area contributed by atoms with Gasteiger partial charge < -0.3 is 5.11 Å². The Bertz CT molecular complexity index is 735. The Hall–Kier alpha value is -1.78. The molecule has 2 heterocycles. The number of aryl methyl sites for hydroxylation is 2. The number of thiazole rings is 1. The average molecular weight is 270 g/mol. The minimum Gasteiger partial charge on any atom is -0.392 e. The Morgan fingerprint density at radius 3 is 2.74 bits per heavy atom. The minimum atomic E-state index is 0.0451. The van der Waals surface area contributed by atoms with Gasteiger partial charge in [-0.25, -0.2) is 9.97 Å². The second-order valence-corrected chi connectivity index (χ2v) is 5.32. The van der Waals surface area contributed by atoms with Gasteiger partial charge in [0.2, 0.25) is 0 Å². The Morgan fingerprint density at radius 2 is 2.05 bits per heavy atom. The molecule has 0 unspecified atom stereocenters. The van der Waals surface area contributed by atoms with E-state index >= 15 is 0 Å². The van der Waals surface area contributed by atoms with Gasteiger partial charge in [-0.1, -0.05) is 12.1 Å². The third kappa shape index (κ3) is 2.03. The first-order valence-corrected chi connectivity index (χ1v) is 7.04. The number of aliphatic hydroxyl groups excluding tert-OH is 1. The van der Waals surface area contributed by atoms with E-state index in [-0.39, 0.29) is 6.61 Å². The predicted octanol–water partition coefficient (Wildman–Crippen LogP) is 3.47. The Balaban J connectivity index is 2.32. The number of benzene rings is 1. The molecule has 1 aromatic carbocycles. The Labute approximate surface area is 115 Å². The zero-order valence-corrected chi connectivity index (χ0v) is 11.7. The third-order valence-electron chi connectivity index (χ3n) is 3.42. The molecule has 4 heteroatoms. The molecule has 19 heavy (non-hydrogen) atoms. The van der Waals surface area contributed by atoms with Crippen LogP contribution in [-0.2, 0) is 6.61 Å². The van der Waals surface area contributed by atoms with E-state index in [0.29, 0.717) is 0 Å². The highest BCUT2D eigenvalue weighted by atomic mass is 32.1. The largest absolute Gasteiger partial charge is 0.392 e. The molecule has 3 aromatic rings. The number of pyridine rings is 1. The van der Waals surface area contributed by atoms with Gasteiger partial charge in [-0.05, 0) is 36.6 Å². The van der Waals surface area contributed by atoms with Crippen LogP contribution in [0.3, 0.4) is 0 Å². The summed E-state index contributed by atoms with van der Waals surface area (Å²) < 4.78 is 0. The van der Waals surface area contributed by atoms with Crippen molar-refractivity contribution >= 4 is 22.2 Å². The first-order chi connectivity index (χ1) is 9.20. The summed E-state index contributed by atoms with van der Waals surface area (Å²) >= 11 is 1.57. The summed E-state index contributed by atoms with van der Waals surface area (Å²) in [6.07, 6.45) is 0. The van der Waals surface area contributed by atoms with Crippen molar-refractivity contribution < 1.29 is 5.11 Å². The molecule has 1 N–H and O–H groups in total. The van der Waals surface area contributed by atoms with Gasteiger partial charge in [0.25, 0.3) is 0 Å². The molecule has 0 bridgehead atoms. The summed E-state index contributed by atoms with van der Waals surface area (Å²) in [6, 6.07) is 6.06. The Kier molecular flexibility index (Phi) is 3.05. The lowest BCUT2D eigenvalue weighted by molar-refractivity contribution is 0.281. The van der Waals surface area contributed by atoms with E-state index in [4.69, 9.17) is 4.98 Å². The van der Waals surface area contributed by atoms with Crippen LogP contribution in [0.5, 0.6) is 0 Å². The molecule has 0 aliphatic heterocycles. The molecule has 0 atom stereocenters. The molecule has 3 nitrogen and oxygen atoms in total. The summed E-state index contributed by atoms with van der Waals surface area (Å²) in [7, 11) is 0. The average Bonchev–Trinajstić information content (AvgIpc) is 2.94. The van der Waals surface area contributed by atoms with Crippen LogP contribution in [0.25, 0.3) is 22.3 Å². The quantitative estimate of drug-likeness (QED) is 0.775. The molecule has 0 fully saturated rings. The topological polar surface area (TPSA) is 46.0 Å². The van der Waals surface area contributed by atoms with E-state index in [1.54, 1.807) is 11.3 Å². The number of fused-ring (bicyclic) bond motifs is 1. The number of nitrogens with zero attached hydrogens (tertiary/aromatic N) is 2. The van der Waals surface area contributed by atoms with E-state index in [0.717, 1.165) is 33.4 Å². The van der Waals surface area contributed by atoms with Gasteiger partial charge in [-0.2, -0.15) is 0 Å². The smallest absolute Gasteiger partial charge is 0.0995 e. The molecular weight excluding hydrogens is 256 g/mol. The van der Waals surface area contributed by atoms with E-state index in [1.807, 2.05) is 29.9 Å². The minimum absolute atomic E-state index is 0.0451. The lowest BCUT2D eigenvalue weighted by Gasteiger charge is -2.10. The maximum Gasteiger partial charge on any atom is 0.0995 e. The zero-order chi connectivity index (χ0) is 13.4. The van der Waals surface area contributed by atoms with Crippen molar-refractivity contribution in [3.63, 3.8) is 0 Å². The van der Waals surface area contributed by atoms with Crippen molar-refractivity contribution in [2.75, 3.05) is 0 Å². The molecule has 0 aliphatic carbocycles. The van der Waals surface area contributed by atoms with Gasteiger partial charge in [-0.3, -0.25) is 0 Å². The number of aliphatic hydroxyl groups is 1. The van der Waals surface area contributed by atoms with Crippen LogP contribution in [0.2, 0.25) is 0 Å². The number of hydrogen-bond acceptors (Lipinski definition) is 4. The van der Waals surface area contributed by atoms with Gasteiger partial charge in [0.15, 0.2) is 0 Å². The van der Waals surface area contributed by atoms with Crippen LogP contribution >= 0.6 is 11.3 Å². The van der Waals surface area contributed by atoms with Gasteiger partial charge in [0.05, 0.1) is 29.0 Å². The SMILES string of the molecule is Cc1cc(-c2cscn2)nc2c(C)c(CO)ccc12. The van der Waals surface area contributed by atoms with Crippen LogP contribution < -0.4 is 0 Å². The van der Waals surface area contributed by atoms with Crippen molar-refractivity contribution in [1.82, 2.24) is 9.97 Å². The predicted molar refractivity (Wildman–Crippen MR) is 78.2 cm³/mol. The number of hydrogen-bond donors (Lipinski definition) is 1. The van der Waals surface area contributed by atoms with Crippen molar-refractivity contribution in [2.24, 2.45) is 0 Å². The van der Waals surface area contributed by atoms with E-state index < -0.39 is 0 Å². The molecule has 0 radical (unpaired) electrons. The van der Waals surface area contributed by atoms with Crippen molar-refractivity contribution in [3.8, 4) is 11.4 Å². The van der Waals surface area contributed by atoms with Crippen LogP contribution in [0, 0.1) is 13.8 Å². The molecule has 0 saturated carbocycles. The summed E-state index contributed by atoms with van der Waals surface area (Å²) in [4.78, 5) is 9.03. The lowest BCUT2D eigenvalue weighted by atomic mass is 10.0. The van der Waals surface area contributed by atoms with Crippen LogP contribution in [0.4, 0.5) is 0 Å². The van der Waals surface area contributed by atoms with Crippen LogP contribution in [0.1, 0.15) is 16.7 Å². The maximum atomic E-state index is 9.36. The summed E-state index contributed by atoms with van der Waals surface area (Å²) in [5.74, 6) is 0. The molecule has 96 valence electrons. The van der Waals surface area contributed by atoms with Gasteiger partial charge in [0, 0.05) is 10.8 Å². The normalized spacial score (nSPS) is 11.1. The highest BCUT2D eigenvalue weighted by molar-refractivity contribution is 7.07. The molecule has 0 aliphatic rings. The van der Waals surface area contributed by atoms with E-state index in [2.05, 4.69) is 18.0 Å². The second-order valence-electron chi connectivity index (χ2n) is 4.60. The second kappa shape index (κ2) is 4.72. The summed E-state index contributed by atoms with van der Waals surface area (Å²) in [5, 5.41) is 12.5. The van der Waals surface area contributed by atoms with E-state index in [9.17, 15) is 5.11 Å². The van der Waals surface area contributed by atoms with Crippen molar-refractivity contribution in [1.29, 1.82) is 0 Å². The first kappa shape index (κ1) is 12.3. The van der Waals surface area contributed by atoms with Gasteiger partial charge >= 0.3 is 0 Å². The highest BCUT2D eigenvalue weighted by Crippen LogP contribution is 2.27. The van der Waals surface area contributed by atoms with E-state index in [1.165, 1.54) is 5.56 Å². The fourth-order valence-electron chi connectivity index (χ4n) is 2.28. The van der Waals surface area contributed by atoms with Crippen LogP contribution in [0.15, 0.2) is 29.1 Å². The molecule has 3 rings (SSSR count). The molecule has 0 saturated heterocycles. The first-order valence-electron chi connectivity index (χ1n) is 6.10. The zero-order valence-electron chi connectivity index (χ0n) is 10.8. The molecule has 0 amide bonds. The van der Waals surface area contributed by atoms with Gasteiger partial charge in [0.1, 0.15) is 0 Å². The van der Waals surface area contributed by atoms with Gasteiger partial charge in [-0.15, -0.1) is 11.3 Å². The highest BCUT2D eigenvalue weighted by Gasteiger charge is 2.10. The molecule has 2 aromatic heterocycles. The fourth-order valence-corrected chi connectivity index (χ4v) is 2.83.